The third-order valence-corrected chi connectivity index (χ3v) is 4.95. The van der Waals surface area contributed by atoms with Gasteiger partial charge in [-0.15, -0.1) is 12.4 Å². The highest BCUT2D eigenvalue weighted by Crippen LogP contribution is 2.39. The molecule has 1 unspecified atom stereocenters. The second-order valence-corrected chi connectivity index (χ2v) is 6.82. The summed E-state index contributed by atoms with van der Waals surface area (Å²) in [6.45, 7) is 2.44. The Labute approximate surface area is 154 Å². The number of carbonyl (C=O) groups is 1. The Kier molecular flexibility index (Phi) is 5.92. The van der Waals surface area contributed by atoms with Gasteiger partial charge < -0.3 is 11.1 Å². The number of carbonyl (C=O) groups excluding carboxylic acids is 1. The maximum Gasteiger partial charge on any atom is 0.253 e. The fraction of sp³-hybridized carbons (Fsp3) is 0.316. The first-order chi connectivity index (χ1) is 11.0. The quantitative estimate of drug-likeness (QED) is 0.831. The average molecular weight is 365 g/mol. The molecule has 2 aromatic carbocycles. The first-order valence-corrected chi connectivity index (χ1v) is 8.29. The molecular formula is C19H22Cl2N2O. The monoisotopic (exact) mass is 364 g/mol. The predicted molar refractivity (Wildman–Crippen MR) is 102 cm³/mol. The minimum absolute atomic E-state index is 0. The van der Waals surface area contributed by atoms with Gasteiger partial charge in [0.1, 0.15) is 0 Å². The minimum atomic E-state index is -0.358. The molecule has 0 aromatic heterocycles. The topological polar surface area (TPSA) is 55.1 Å². The number of halogens is 2. The van der Waals surface area contributed by atoms with Gasteiger partial charge >= 0.3 is 0 Å². The molecule has 0 bridgehead atoms. The summed E-state index contributed by atoms with van der Waals surface area (Å²) in [6, 6.07) is 15.5. The van der Waals surface area contributed by atoms with Gasteiger partial charge in [0.2, 0.25) is 0 Å². The van der Waals surface area contributed by atoms with Crippen LogP contribution in [0.3, 0.4) is 0 Å². The molecular weight excluding hydrogens is 343 g/mol. The summed E-state index contributed by atoms with van der Waals surface area (Å²) in [4.78, 5) is 12.7. The Morgan fingerprint density at radius 2 is 1.88 bits per heavy atom. The molecule has 0 radical (unpaired) electrons. The Bertz CT molecular complexity index is 717. The zero-order valence-electron chi connectivity index (χ0n) is 13.6. The van der Waals surface area contributed by atoms with E-state index < -0.39 is 0 Å². The molecule has 2 aromatic rings. The normalized spacial score (nSPS) is 16.0. The van der Waals surface area contributed by atoms with Crippen molar-refractivity contribution in [3.8, 4) is 11.1 Å². The molecule has 1 atom stereocenters. The molecule has 1 aliphatic rings. The predicted octanol–water partition coefficient (Wildman–Crippen LogP) is 4.29. The molecule has 24 heavy (non-hydrogen) atoms. The third-order valence-electron chi connectivity index (χ3n) is 4.62. The van der Waals surface area contributed by atoms with Crippen molar-refractivity contribution in [2.45, 2.75) is 25.3 Å². The van der Waals surface area contributed by atoms with Crippen molar-refractivity contribution in [2.75, 3.05) is 6.54 Å². The van der Waals surface area contributed by atoms with Gasteiger partial charge in [-0.05, 0) is 48.9 Å². The highest BCUT2D eigenvalue weighted by Gasteiger charge is 2.41. The van der Waals surface area contributed by atoms with E-state index in [1.165, 1.54) is 0 Å². The van der Waals surface area contributed by atoms with Crippen LogP contribution in [0.1, 0.15) is 30.1 Å². The number of rotatable bonds is 5. The Balaban J connectivity index is 0.00000208. The third kappa shape index (κ3) is 3.92. The molecule has 1 amide bonds. The molecule has 1 fully saturated rings. The summed E-state index contributed by atoms with van der Waals surface area (Å²) in [7, 11) is 0. The van der Waals surface area contributed by atoms with E-state index in [-0.39, 0.29) is 23.9 Å². The van der Waals surface area contributed by atoms with Gasteiger partial charge in [0, 0.05) is 6.54 Å². The average Bonchev–Trinajstić information content (AvgIpc) is 3.41. The lowest BCUT2D eigenvalue weighted by Gasteiger charge is -2.29. The largest absolute Gasteiger partial charge is 0.345 e. The summed E-state index contributed by atoms with van der Waals surface area (Å²) >= 11 is 6.25. The van der Waals surface area contributed by atoms with Crippen LogP contribution in [0.15, 0.2) is 48.5 Å². The highest BCUT2D eigenvalue weighted by atomic mass is 35.5. The van der Waals surface area contributed by atoms with E-state index in [1.807, 2.05) is 49.4 Å². The number of nitrogens with one attached hydrogen (secondary N) is 1. The van der Waals surface area contributed by atoms with E-state index in [0.717, 1.165) is 24.0 Å². The molecule has 0 spiro atoms. The summed E-state index contributed by atoms with van der Waals surface area (Å²) in [5, 5.41) is 3.55. The van der Waals surface area contributed by atoms with Crippen molar-refractivity contribution in [1.29, 1.82) is 0 Å². The van der Waals surface area contributed by atoms with E-state index in [4.69, 9.17) is 17.3 Å². The van der Waals surface area contributed by atoms with Crippen LogP contribution in [0.4, 0.5) is 0 Å². The van der Waals surface area contributed by atoms with E-state index >= 15 is 0 Å². The number of hydrogen-bond donors (Lipinski definition) is 2. The maximum atomic E-state index is 12.7. The molecule has 1 aliphatic carbocycles. The molecule has 3 rings (SSSR count). The van der Waals surface area contributed by atoms with Crippen LogP contribution in [-0.4, -0.2) is 18.0 Å². The minimum Gasteiger partial charge on any atom is -0.345 e. The first kappa shape index (κ1) is 18.8. The van der Waals surface area contributed by atoms with E-state index in [1.54, 1.807) is 6.07 Å². The van der Waals surface area contributed by atoms with Crippen molar-refractivity contribution in [3.05, 3.63) is 59.1 Å². The number of hydrogen-bond acceptors (Lipinski definition) is 2. The Hall–Kier alpha value is -1.55. The van der Waals surface area contributed by atoms with E-state index in [0.29, 0.717) is 23.0 Å². The molecule has 3 N–H and O–H groups in total. The molecule has 5 heteroatoms. The van der Waals surface area contributed by atoms with Gasteiger partial charge in [-0.3, -0.25) is 4.79 Å². The first-order valence-electron chi connectivity index (χ1n) is 7.91. The van der Waals surface area contributed by atoms with Gasteiger partial charge in [0.05, 0.1) is 16.1 Å². The van der Waals surface area contributed by atoms with Gasteiger partial charge in [0.25, 0.3) is 5.91 Å². The second-order valence-electron chi connectivity index (χ2n) is 6.41. The lowest BCUT2D eigenvalue weighted by molar-refractivity contribution is 0.0898. The van der Waals surface area contributed by atoms with Crippen LogP contribution in [0.25, 0.3) is 11.1 Å². The zero-order valence-corrected chi connectivity index (χ0v) is 15.2. The van der Waals surface area contributed by atoms with Gasteiger partial charge in [-0.25, -0.2) is 0 Å². The standard InChI is InChI=1S/C19H21ClN2O.ClH/c1-19(12-21,15-8-9-15)22-18(23)16-11-14(7-10-17(16)20)13-5-3-2-4-6-13;/h2-7,10-11,15H,8-9,12,21H2,1H3,(H,22,23);1H. The van der Waals surface area contributed by atoms with Crippen molar-refractivity contribution in [3.63, 3.8) is 0 Å². The van der Waals surface area contributed by atoms with E-state index in [9.17, 15) is 4.79 Å². The Morgan fingerprint density at radius 3 is 2.46 bits per heavy atom. The summed E-state index contributed by atoms with van der Waals surface area (Å²) < 4.78 is 0. The Morgan fingerprint density at radius 1 is 1.21 bits per heavy atom. The lowest BCUT2D eigenvalue weighted by atomic mass is 9.95. The van der Waals surface area contributed by atoms with Gasteiger partial charge in [0.15, 0.2) is 0 Å². The smallest absolute Gasteiger partial charge is 0.253 e. The molecule has 1 saturated carbocycles. The molecule has 0 saturated heterocycles. The zero-order chi connectivity index (χ0) is 16.4. The van der Waals surface area contributed by atoms with Crippen molar-refractivity contribution >= 4 is 29.9 Å². The number of amides is 1. The molecule has 128 valence electrons. The fourth-order valence-electron chi connectivity index (χ4n) is 2.88. The van der Waals surface area contributed by atoms with E-state index in [2.05, 4.69) is 5.32 Å². The van der Waals surface area contributed by atoms with Crippen molar-refractivity contribution in [2.24, 2.45) is 11.7 Å². The molecule has 0 heterocycles. The van der Waals surface area contributed by atoms with Crippen molar-refractivity contribution in [1.82, 2.24) is 5.32 Å². The van der Waals surface area contributed by atoms with Gasteiger partial charge in [-0.2, -0.15) is 0 Å². The van der Waals surface area contributed by atoms with Crippen LogP contribution in [0, 0.1) is 5.92 Å². The molecule has 3 nitrogen and oxygen atoms in total. The van der Waals surface area contributed by atoms with Crippen molar-refractivity contribution < 1.29 is 4.79 Å². The maximum absolute atomic E-state index is 12.7. The van der Waals surface area contributed by atoms with Crippen LogP contribution in [0.2, 0.25) is 5.02 Å². The van der Waals surface area contributed by atoms with Crippen LogP contribution in [-0.2, 0) is 0 Å². The van der Waals surface area contributed by atoms with Crippen LogP contribution in [0.5, 0.6) is 0 Å². The van der Waals surface area contributed by atoms with Gasteiger partial charge in [-0.1, -0.05) is 48.0 Å². The SMILES string of the molecule is CC(CN)(NC(=O)c1cc(-c2ccccc2)ccc1Cl)C1CC1.Cl. The fourth-order valence-corrected chi connectivity index (χ4v) is 3.08. The number of benzene rings is 2. The molecule has 0 aliphatic heterocycles. The van der Waals surface area contributed by atoms with Crippen LogP contribution >= 0.6 is 24.0 Å². The summed E-state index contributed by atoms with van der Waals surface area (Å²) in [5.41, 5.74) is 8.05. The highest BCUT2D eigenvalue weighted by molar-refractivity contribution is 6.34. The second kappa shape index (κ2) is 7.56. The summed E-state index contributed by atoms with van der Waals surface area (Å²) in [5.74, 6) is 0.306. The number of nitrogens with two attached hydrogens (primary N) is 1. The lowest BCUT2D eigenvalue weighted by Crippen LogP contribution is -2.53. The van der Waals surface area contributed by atoms with Crippen LogP contribution < -0.4 is 11.1 Å². The summed E-state index contributed by atoms with van der Waals surface area (Å²) in [6.07, 6.45) is 2.23.